The average molecular weight is 278 g/mol. The summed E-state index contributed by atoms with van der Waals surface area (Å²) >= 11 is 0. The summed E-state index contributed by atoms with van der Waals surface area (Å²) in [6.45, 7) is 6.64. The van der Waals surface area contributed by atoms with E-state index in [1.165, 1.54) is 5.56 Å². The van der Waals surface area contributed by atoms with Gasteiger partial charge in [-0.1, -0.05) is 36.4 Å². The quantitative estimate of drug-likeness (QED) is 0.309. The zero-order valence-electron chi connectivity index (χ0n) is 12.1. The number of rotatable bonds is 12. The molecule has 0 unspecified atom stereocenters. The van der Waals surface area contributed by atoms with Gasteiger partial charge >= 0.3 is 0 Å². The Morgan fingerprint density at radius 1 is 1.25 bits per heavy atom. The van der Waals surface area contributed by atoms with E-state index in [1.807, 2.05) is 36.4 Å². The lowest BCUT2D eigenvalue weighted by molar-refractivity contribution is 0.103. The molecule has 20 heavy (non-hydrogen) atoms. The first kappa shape index (κ1) is 16.9. The lowest BCUT2D eigenvalue weighted by Crippen LogP contribution is -2.37. The van der Waals surface area contributed by atoms with Crippen LogP contribution >= 0.6 is 0 Å². The van der Waals surface area contributed by atoms with E-state index in [-0.39, 0.29) is 12.6 Å². The van der Waals surface area contributed by atoms with Crippen molar-refractivity contribution >= 4 is 0 Å². The molecule has 0 aliphatic carbocycles. The standard InChI is InChI=1S/C16H26N2O2/c1-2-3-9-16(12-19)18-11-10-17-14-20-13-15-7-5-4-6-8-15/h2,4-8,16-19H,1,3,9-14H2/t16-/m0/s1. The fraction of sp³-hybridized carbons (Fsp3) is 0.500. The van der Waals surface area contributed by atoms with Crippen molar-refractivity contribution in [3.8, 4) is 0 Å². The number of hydrogen-bond acceptors (Lipinski definition) is 4. The van der Waals surface area contributed by atoms with Gasteiger partial charge in [-0.15, -0.1) is 6.58 Å². The normalized spacial score (nSPS) is 12.2. The number of ether oxygens (including phenoxy) is 1. The Bertz CT molecular complexity index is 344. The summed E-state index contributed by atoms with van der Waals surface area (Å²) in [6.07, 6.45) is 3.72. The first-order chi connectivity index (χ1) is 9.86. The molecule has 0 heterocycles. The van der Waals surface area contributed by atoms with Gasteiger partial charge in [-0.3, -0.25) is 5.32 Å². The van der Waals surface area contributed by atoms with Gasteiger partial charge in [-0.05, 0) is 18.4 Å². The lowest BCUT2D eigenvalue weighted by atomic mass is 10.1. The Morgan fingerprint density at radius 3 is 2.75 bits per heavy atom. The summed E-state index contributed by atoms with van der Waals surface area (Å²) in [4.78, 5) is 0. The topological polar surface area (TPSA) is 53.5 Å². The fourth-order valence-electron chi connectivity index (χ4n) is 1.83. The third kappa shape index (κ3) is 8.07. The minimum atomic E-state index is 0.153. The monoisotopic (exact) mass is 278 g/mol. The van der Waals surface area contributed by atoms with Crippen LogP contribution in [0.4, 0.5) is 0 Å². The van der Waals surface area contributed by atoms with Crippen LogP contribution in [-0.4, -0.2) is 37.6 Å². The SMILES string of the molecule is C=CCC[C@@H](CO)NCCNCOCc1ccccc1. The summed E-state index contributed by atoms with van der Waals surface area (Å²) in [5.41, 5.74) is 1.18. The van der Waals surface area contributed by atoms with Gasteiger partial charge in [0.05, 0.1) is 19.9 Å². The Morgan fingerprint density at radius 2 is 2.05 bits per heavy atom. The first-order valence-electron chi connectivity index (χ1n) is 7.14. The molecular formula is C16H26N2O2. The molecule has 0 saturated carbocycles. The zero-order chi connectivity index (χ0) is 14.5. The highest BCUT2D eigenvalue weighted by Crippen LogP contribution is 1.99. The van der Waals surface area contributed by atoms with Crippen LogP contribution in [0.2, 0.25) is 0 Å². The molecule has 0 spiro atoms. The van der Waals surface area contributed by atoms with E-state index in [4.69, 9.17) is 4.74 Å². The van der Waals surface area contributed by atoms with Crippen molar-refractivity contribution in [2.75, 3.05) is 26.4 Å². The summed E-state index contributed by atoms with van der Waals surface area (Å²) in [6, 6.07) is 10.3. The smallest absolute Gasteiger partial charge is 0.0970 e. The molecule has 4 heteroatoms. The lowest BCUT2D eigenvalue weighted by Gasteiger charge is -2.15. The Balaban J connectivity index is 1.95. The molecule has 0 aliphatic heterocycles. The number of aliphatic hydroxyl groups is 1. The van der Waals surface area contributed by atoms with E-state index >= 15 is 0 Å². The summed E-state index contributed by atoms with van der Waals surface area (Å²) in [5, 5.41) is 15.7. The molecule has 3 N–H and O–H groups in total. The van der Waals surface area contributed by atoms with E-state index in [0.717, 1.165) is 25.9 Å². The van der Waals surface area contributed by atoms with Gasteiger partial charge in [0.15, 0.2) is 0 Å². The van der Waals surface area contributed by atoms with Gasteiger partial charge in [0.1, 0.15) is 0 Å². The molecule has 0 fully saturated rings. The molecule has 0 amide bonds. The number of benzene rings is 1. The van der Waals surface area contributed by atoms with Gasteiger partial charge in [0.25, 0.3) is 0 Å². The van der Waals surface area contributed by atoms with Gasteiger partial charge in [-0.2, -0.15) is 0 Å². The Labute approximate surface area is 121 Å². The summed E-state index contributed by atoms with van der Waals surface area (Å²) in [5.74, 6) is 0. The largest absolute Gasteiger partial charge is 0.395 e. The molecule has 1 aromatic carbocycles. The third-order valence-corrected chi connectivity index (χ3v) is 2.99. The van der Waals surface area contributed by atoms with Crippen LogP contribution in [0.15, 0.2) is 43.0 Å². The van der Waals surface area contributed by atoms with Crippen molar-refractivity contribution in [1.82, 2.24) is 10.6 Å². The molecule has 4 nitrogen and oxygen atoms in total. The van der Waals surface area contributed by atoms with E-state index < -0.39 is 0 Å². The van der Waals surface area contributed by atoms with Crippen LogP contribution in [-0.2, 0) is 11.3 Å². The minimum absolute atomic E-state index is 0.153. The van der Waals surface area contributed by atoms with Gasteiger partial charge in [-0.25, -0.2) is 0 Å². The highest BCUT2D eigenvalue weighted by molar-refractivity contribution is 5.13. The van der Waals surface area contributed by atoms with Crippen LogP contribution in [0.3, 0.4) is 0 Å². The maximum atomic E-state index is 9.18. The van der Waals surface area contributed by atoms with Crippen molar-refractivity contribution in [3.05, 3.63) is 48.6 Å². The van der Waals surface area contributed by atoms with Crippen molar-refractivity contribution in [2.24, 2.45) is 0 Å². The van der Waals surface area contributed by atoms with Gasteiger partial charge in [0.2, 0.25) is 0 Å². The fourth-order valence-corrected chi connectivity index (χ4v) is 1.83. The summed E-state index contributed by atoms with van der Waals surface area (Å²) < 4.78 is 5.52. The average Bonchev–Trinajstić information content (AvgIpc) is 2.50. The number of nitrogens with one attached hydrogen (secondary N) is 2. The van der Waals surface area contributed by atoms with Gasteiger partial charge < -0.3 is 15.2 Å². The molecule has 0 aromatic heterocycles. The maximum Gasteiger partial charge on any atom is 0.0970 e. The van der Waals surface area contributed by atoms with Crippen LogP contribution in [0.5, 0.6) is 0 Å². The van der Waals surface area contributed by atoms with Gasteiger partial charge in [0, 0.05) is 19.1 Å². The van der Waals surface area contributed by atoms with Crippen molar-refractivity contribution < 1.29 is 9.84 Å². The van der Waals surface area contributed by atoms with E-state index in [0.29, 0.717) is 13.3 Å². The number of aliphatic hydroxyl groups excluding tert-OH is 1. The molecule has 0 radical (unpaired) electrons. The van der Waals surface area contributed by atoms with Crippen LogP contribution in [0, 0.1) is 0 Å². The molecule has 1 aromatic rings. The molecule has 0 bridgehead atoms. The predicted octanol–water partition coefficient (Wildman–Crippen LogP) is 1.67. The predicted molar refractivity (Wildman–Crippen MR) is 82.4 cm³/mol. The molecule has 1 atom stereocenters. The van der Waals surface area contributed by atoms with Crippen LogP contribution in [0.25, 0.3) is 0 Å². The highest BCUT2D eigenvalue weighted by atomic mass is 16.5. The Hall–Kier alpha value is -1.20. The first-order valence-corrected chi connectivity index (χ1v) is 7.14. The minimum Gasteiger partial charge on any atom is -0.395 e. The van der Waals surface area contributed by atoms with Crippen molar-refractivity contribution in [3.63, 3.8) is 0 Å². The summed E-state index contributed by atoms with van der Waals surface area (Å²) in [7, 11) is 0. The number of hydrogen-bond donors (Lipinski definition) is 3. The molecule has 0 saturated heterocycles. The van der Waals surface area contributed by atoms with E-state index in [2.05, 4.69) is 17.2 Å². The Kier molecular flexibility index (Phi) is 9.79. The molecule has 112 valence electrons. The highest BCUT2D eigenvalue weighted by Gasteiger charge is 2.03. The maximum absolute atomic E-state index is 9.18. The van der Waals surface area contributed by atoms with Crippen LogP contribution in [0.1, 0.15) is 18.4 Å². The van der Waals surface area contributed by atoms with E-state index in [9.17, 15) is 5.11 Å². The molecular weight excluding hydrogens is 252 g/mol. The second-order valence-corrected chi connectivity index (χ2v) is 4.68. The zero-order valence-corrected chi connectivity index (χ0v) is 12.1. The number of allylic oxidation sites excluding steroid dienone is 1. The second-order valence-electron chi connectivity index (χ2n) is 4.68. The second kappa shape index (κ2) is 11.6. The molecule has 1 rings (SSSR count). The van der Waals surface area contributed by atoms with E-state index in [1.54, 1.807) is 0 Å². The van der Waals surface area contributed by atoms with Crippen LogP contribution < -0.4 is 10.6 Å². The van der Waals surface area contributed by atoms with Crippen molar-refractivity contribution in [2.45, 2.75) is 25.5 Å². The third-order valence-electron chi connectivity index (χ3n) is 2.99. The van der Waals surface area contributed by atoms with Crippen molar-refractivity contribution in [1.29, 1.82) is 0 Å². The molecule has 0 aliphatic rings.